The van der Waals surface area contributed by atoms with E-state index >= 15 is 0 Å². The highest BCUT2D eigenvalue weighted by atomic mass is 16.3. The van der Waals surface area contributed by atoms with E-state index < -0.39 is 29.8 Å². The Kier molecular flexibility index (Phi) is 6.86. The number of hydrogen-bond acceptors (Lipinski definition) is 6. The zero-order chi connectivity index (χ0) is 17.6. The van der Waals surface area contributed by atoms with Gasteiger partial charge < -0.3 is 15.3 Å². The van der Waals surface area contributed by atoms with E-state index in [1.54, 1.807) is 7.05 Å². The summed E-state index contributed by atoms with van der Waals surface area (Å²) in [6, 6.07) is -0.963. The number of H-pyrrole nitrogens is 1. The molecule has 23 heavy (non-hydrogen) atoms. The average Bonchev–Trinajstić information content (AvgIpc) is 2.48. The highest BCUT2D eigenvalue weighted by Crippen LogP contribution is 2.03. The topological polar surface area (TPSA) is 124 Å². The summed E-state index contributed by atoms with van der Waals surface area (Å²) in [6.45, 7) is 2.61. The van der Waals surface area contributed by atoms with Crippen molar-refractivity contribution in [1.29, 1.82) is 0 Å². The van der Waals surface area contributed by atoms with E-state index in [0.29, 0.717) is 12.1 Å². The molecule has 128 valence electrons. The lowest BCUT2D eigenvalue weighted by Crippen LogP contribution is -2.50. The highest BCUT2D eigenvalue weighted by Gasteiger charge is 2.26. The van der Waals surface area contributed by atoms with Crippen LogP contribution in [0, 0.1) is 6.92 Å². The molecule has 0 bridgehead atoms. The van der Waals surface area contributed by atoms with Gasteiger partial charge in [-0.3, -0.25) is 23.9 Å². The fraction of sp³-hybridized carbons (Fsp3) is 0.571. The van der Waals surface area contributed by atoms with Crippen LogP contribution >= 0.6 is 0 Å². The number of aliphatic hydroxyl groups is 1. The maximum absolute atomic E-state index is 12.5. The Morgan fingerprint density at radius 1 is 1.43 bits per heavy atom. The summed E-state index contributed by atoms with van der Waals surface area (Å²) in [7, 11) is 1.69. The first-order valence-electron chi connectivity index (χ1n) is 7.17. The SMILES string of the molecule is CNCCN(C(=O)Cn1cc(C)c(=O)[nH]c1=O)[C@H](CO)C(C)=O. The second kappa shape index (κ2) is 8.39. The highest BCUT2D eigenvalue weighted by molar-refractivity contribution is 5.87. The number of ketones is 1. The number of rotatable bonds is 8. The third kappa shape index (κ3) is 4.86. The molecule has 0 spiro atoms. The van der Waals surface area contributed by atoms with Crippen LogP contribution in [0.25, 0.3) is 0 Å². The van der Waals surface area contributed by atoms with Crippen LogP contribution in [-0.2, 0) is 16.1 Å². The van der Waals surface area contributed by atoms with Gasteiger partial charge in [0, 0.05) is 24.8 Å². The predicted molar refractivity (Wildman–Crippen MR) is 83.3 cm³/mol. The van der Waals surface area contributed by atoms with Crippen LogP contribution in [0.2, 0.25) is 0 Å². The van der Waals surface area contributed by atoms with E-state index in [1.165, 1.54) is 24.9 Å². The molecule has 3 N–H and O–H groups in total. The maximum Gasteiger partial charge on any atom is 0.328 e. The number of nitrogens with one attached hydrogen (secondary N) is 2. The first kappa shape index (κ1) is 18.8. The number of carbonyl (C=O) groups is 2. The molecule has 1 rings (SSSR count). The minimum Gasteiger partial charge on any atom is -0.394 e. The fourth-order valence-corrected chi connectivity index (χ4v) is 2.11. The van der Waals surface area contributed by atoms with Gasteiger partial charge in [-0.05, 0) is 20.9 Å². The first-order valence-corrected chi connectivity index (χ1v) is 7.17. The van der Waals surface area contributed by atoms with E-state index in [-0.39, 0.29) is 18.9 Å². The van der Waals surface area contributed by atoms with Crippen molar-refractivity contribution >= 4 is 11.7 Å². The van der Waals surface area contributed by atoms with Crippen LogP contribution in [0.4, 0.5) is 0 Å². The third-order valence-corrected chi connectivity index (χ3v) is 3.44. The van der Waals surface area contributed by atoms with Crippen LogP contribution < -0.4 is 16.6 Å². The molecule has 0 aliphatic heterocycles. The van der Waals surface area contributed by atoms with E-state index in [2.05, 4.69) is 10.3 Å². The minimum atomic E-state index is -0.963. The molecule has 0 saturated heterocycles. The summed E-state index contributed by atoms with van der Waals surface area (Å²) in [4.78, 5) is 50.5. The van der Waals surface area contributed by atoms with Gasteiger partial charge >= 0.3 is 5.69 Å². The van der Waals surface area contributed by atoms with Crippen molar-refractivity contribution in [3.63, 3.8) is 0 Å². The van der Waals surface area contributed by atoms with Crippen LogP contribution in [0.1, 0.15) is 12.5 Å². The lowest BCUT2D eigenvalue weighted by atomic mass is 10.1. The molecular weight excluding hydrogens is 304 g/mol. The normalized spacial score (nSPS) is 12.0. The minimum absolute atomic E-state index is 0.206. The molecule has 1 aromatic heterocycles. The van der Waals surface area contributed by atoms with Gasteiger partial charge in [-0.15, -0.1) is 0 Å². The average molecular weight is 326 g/mol. The van der Waals surface area contributed by atoms with Gasteiger partial charge in [0.05, 0.1) is 6.61 Å². The summed E-state index contributed by atoms with van der Waals surface area (Å²) < 4.78 is 1.07. The van der Waals surface area contributed by atoms with E-state index in [0.717, 1.165) is 4.57 Å². The fourth-order valence-electron chi connectivity index (χ4n) is 2.11. The van der Waals surface area contributed by atoms with Gasteiger partial charge in [0.15, 0.2) is 5.78 Å². The van der Waals surface area contributed by atoms with Crippen molar-refractivity contribution in [1.82, 2.24) is 19.8 Å². The van der Waals surface area contributed by atoms with Crippen molar-refractivity contribution in [3.05, 3.63) is 32.6 Å². The Labute approximate surface area is 132 Å². The van der Waals surface area contributed by atoms with Crippen LogP contribution in [0.3, 0.4) is 0 Å². The largest absolute Gasteiger partial charge is 0.394 e. The van der Waals surface area contributed by atoms with Crippen molar-refractivity contribution in [2.24, 2.45) is 0 Å². The number of aliphatic hydroxyl groups excluding tert-OH is 1. The van der Waals surface area contributed by atoms with Gasteiger partial charge in [0.25, 0.3) is 5.56 Å². The number of nitrogens with zero attached hydrogens (tertiary/aromatic N) is 2. The van der Waals surface area contributed by atoms with Crippen molar-refractivity contribution in [3.8, 4) is 0 Å². The number of aromatic amines is 1. The molecule has 0 unspecified atom stereocenters. The molecule has 9 nitrogen and oxygen atoms in total. The first-order chi connectivity index (χ1) is 10.8. The Bertz CT molecular complexity index is 678. The summed E-state index contributed by atoms with van der Waals surface area (Å²) in [6.07, 6.45) is 1.29. The molecule has 1 heterocycles. The Morgan fingerprint density at radius 2 is 2.09 bits per heavy atom. The lowest BCUT2D eigenvalue weighted by molar-refractivity contribution is -0.140. The molecule has 1 aromatic rings. The Balaban J connectivity index is 3.06. The summed E-state index contributed by atoms with van der Waals surface area (Å²) in [5, 5.41) is 12.2. The van der Waals surface area contributed by atoms with Crippen LogP contribution in [0.15, 0.2) is 15.8 Å². The molecule has 9 heteroatoms. The van der Waals surface area contributed by atoms with E-state index in [4.69, 9.17) is 0 Å². The van der Waals surface area contributed by atoms with Gasteiger partial charge in [-0.25, -0.2) is 4.79 Å². The predicted octanol–water partition coefficient (Wildman–Crippen LogP) is -2.16. The van der Waals surface area contributed by atoms with Crippen LogP contribution in [-0.4, -0.2) is 64.0 Å². The van der Waals surface area contributed by atoms with Gasteiger partial charge in [-0.1, -0.05) is 0 Å². The number of amides is 1. The van der Waals surface area contributed by atoms with Crippen molar-refractivity contribution < 1.29 is 14.7 Å². The Hall–Kier alpha value is -2.26. The maximum atomic E-state index is 12.5. The third-order valence-electron chi connectivity index (χ3n) is 3.44. The quantitative estimate of drug-likeness (QED) is 0.500. The van der Waals surface area contributed by atoms with Gasteiger partial charge in [0.1, 0.15) is 12.6 Å². The standard InChI is InChI=1S/C14H22N4O5/c1-9-6-17(14(23)16-13(9)22)7-12(21)18(5-4-15-3)11(8-19)10(2)20/h6,11,15,19H,4-5,7-8H2,1-3H3,(H,16,22,23)/t11-/m1/s1. The van der Waals surface area contributed by atoms with Gasteiger partial charge in [0.2, 0.25) is 5.91 Å². The molecule has 0 aliphatic carbocycles. The number of Topliss-reactive ketones (excluding diaryl/α,β-unsaturated/α-hetero) is 1. The van der Waals surface area contributed by atoms with E-state index in [9.17, 15) is 24.3 Å². The molecule has 0 fully saturated rings. The second-order valence-electron chi connectivity index (χ2n) is 5.20. The molecular formula is C14H22N4O5. The zero-order valence-corrected chi connectivity index (χ0v) is 13.5. The molecule has 1 amide bonds. The Morgan fingerprint density at radius 3 is 2.61 bits per heavy atom. The molecule has 0 aromatic carbocycles. The number of aryl methyl sites for hydroxylation is 1. The van der Waals surface area contributed by atoms with Crippen molar-refractivity contribution in [2.45, 2.75) is 26.4 Å². The summed E-state index contributed by atoms with van der Waals surface area (Å²) in [5.41, 5.74) is -0.918. The number of carbonyl (C=O) groups excluding carboxylic acids is 2. The second-order valence-corrected chi connectivity index (χ2v) is 5.20. The molecule has 1 atom stereocenters. The van der Waals surface area contributed by atoms with Crippen LogP contribution in [0.5, 0.6) is 0 Å². The number of aromatic nitrogens is 2. The van der Waals surface area contributed by atoms with Gasteiger partial charge in [-0.2, -0.15) is 0 Å². The monoisotopic (exact) mass is 326 g/mol. The number of likely N-dealkylation sites (N-methyl/N-ethyl adjacent to an activating group) is 1. The lowest BCUT2D eigenvalue weighted by Gasteiger charge is -2.29. The summed E-state index contributed by atoms with van der Waals surface area (Å²) >= 11 is 0. The van der Waals surface area contributed by atoms with E-state index in [1.807, 2.05) is 0 Å². The van der Waals surface area contributed by atoms with Crippen molar-refractivity contribution in [2.75, 3.05) is 26.7 Å². The molecule has 0 saturated carbocycles. The molecule has 0 radical (unpaired) electrons. The smallest absolute Gasteiger partial charge is 0.328 e. The zero-order valence-electron chi connectivity index (χ0n) is 13.5. The summed E-state index contributed by atoms with van der Waals surface area (Å²) in [5.74, 6) is -0.843. The molecule has 0 aliphatic rings. The number of hydrogen-bond donors (Lipinski definition) is 3.